The maximum Gasteiger partial charge on any atom is 0.311 e. The van der Waals surface area contributed by atoms with Crippen LogP contribution in [0.4, 0.5) is 11.5 Å². The summed E-state index contributed by atoms with van der Waals surface area (Å²) >= 11 is 0. The van der Waals surface area contributed by atoms with Gasteiger partial charge in [-0.2, -0.15) is 0 Å². The van der Waals surface area contributed by atoms with Crippen molar-refractivity contribution in [2.75, 3.05) is 18.4 Å². The summed E-state index contributed by atoms with van der Waals surface area (Å²) in [6.45, 7) is 7.92. The van der Waals surface area contributed by atoms with Crippen LogP contribution < -0.4 is 10.6 Å². The standard InChI is InChI=1S/C14H22N4O2/c1-10-5-6-11(18(19)20)13(17-10)16-9-12-14(2,3)7-4-8-15-12/h5-6,12,15H,4,7-9H2,1-3H3,(H,16,17). The number of nitro groups is 1. The summed E-state index contributed by atoms with van der Waals surface area (Å²) < 4.78 is 0. The Morgan fingerprint density at radius 2 is 2.30 bits per heavy atom. The van der Waals surface area contributed by atoms with Gasteiger partial charge in [0, 0.05) is 24.3 Å². The van der Waals surface area contributed by atoms with Crippen molar-refractivity contribution < 1.29 is 4.92 Å². The predicted molar refractivity (Wildman–Crippen MR) is 78.9 cm³/mol. The molecule has 20 heavy (non-hydrogen) atoms. The summed E-state index contributed by atoms with van der Waals surface area (Å²) in [6, 6.07) is 3.45. The summed E-state index contributed by atoms with van der Waals surface area (Å²) in [5, 5.41) is 17.6. The van der Waals surface area contributed by atoms with Gasteiger partial charge in [-0.1, -0.05) is 13.8 Å². The maximum atomic E-state index is 11.0. The van der Waals surface area contributed by atoms with E-state index in [2.05, 4.69) is 29.5 Å². The van der Waals surface area contributed by atoms with Crippen molar-refractivity contribution in [1.82, 2.24) is 10.3 Å². The molecule has 2 N–H and O–H groups in total. The highest BCUT2D eigenvalue weighted by molar-refractivity contribution is 5.56. The second-order valence-electron chi connectivity index (χ2n) is 6.06. The van der Waals surface area contributed by atoms with Crippen molar-refractivity contribution in [3.8, 4) is 0 Å². The second-order valence-corrected chi connectivity index (χ2v) is 6.06. The van der Waals surface area contributed by atoms with Gasteiger partial charge in [0.1, 0.15) is 0 Å². The number of nitrogens with zero attached hydrogens (tertiary/aromatic N) is 2. The largest absolute Gasteiger partial charge is 0.363 e. The molecule has 0 aromatic carbocycles. The Morgan fingerprint density at radius 1 is 1.55 bits per heavy atom. The van der Waals surface area contributed by atoms with E-state index in [9.17, 15) is 10.1 Å². The van der Waals surface area contributed by atoms with Crippen molar-refractivity contribution in [2.24, 2.45) is 5.41 Å². The fraction of sp³-hybridized carbons (Fsp3) is 0.643. The first-order valence-electron chi connectivity index (χ1n) is 6.99. The van der Waals surface area contributed by atoms with E-state index in [1.165, 1.54) is 12.5 Å². The van der Waals surface area contributed by atoms with E-state index in [4.69, 9.17) is 0 Å². The number of anilines is 1. The van der Waals surface area contributed by atoms with Gasteiger partial charge in [0.15, 0.2) is 0 Å². The van der Waals surface area contributed by atoms with Crippen molar-refractivity contribution in [3.63, 3.8) is 0 Å². The molecule has 6 heteroatoms. The molecule has 2 rings (SSSR count). The first kappa shape index (κ1) is 14.7. The van der Waals surface area contributed by atoms with Gasteiger partial charge in [0.2, 0.25) is 5.82 Å². The summed E-state index contributed by atoms with van der Waals surface area (Å²) in [5.41, 5.74) is 0.988. The quantitative estimate of drug-likeness (QED) is 0.653. The molecule has 1 unspecified atom stereocenters. The van der Waals surface area contributed by atoms with Crippen LogP contribution in [0.2, 0.25) is 0 Å². The van der Waals surface area contributed by atoms with Crippen LogP contribution in [0.1, 0.15) is 32.4 Å². The molecular formula is C14H22N4O2. The molecule has 6 nitrogen and oxygen atoms in total. The molecule has 1 atom stereocenters. The number of aromatic nitrogens is 1. The monoisotopic (exact) mass is 278 g/mol. The molecule has 0 saturated carbocycles. The van der Waals surface area contributed by atoms with Gasteiger partial charge in [0.05, 0.1) is 4.92 Å². The van der Waals surface area contributed by atoms with Gasteiger partial charge in [-0.15, -0.1) is 0 Å². The normalized spacial score (nSPS) is 21.4. The van der Waals surface area contributed by atoms with Gasteiger partial charge in [-0.25, -0.2) is 4.98 Å². The number of piperidine rings is 1. The second kappa shape index (κ2) is 5.75. The van der Waals surface area contributed by atoms with E-state index in [-0.39, 0.29) is 17.1 Å². The van der Waals surface area contributed by atoms with Crippen LogP contribution in [-0.2, 0) is 0 Å². The van der Waals surface area contributed by atoms with E-state index < -0.39 is 4.92 Å². The van der Waals surface area contributed by atoms with Crippen LogP contribution in [-0.4, -0.2) is 29.0 Å². The van der Waals surface area contributed by atoms with Crippen LogP contribution in [0.25, 0.3) is 0 Å². The Hall–Kier alpha value is -1.69. The molecule has 0 spiro atoms. The number of hydrogen-bond acceptors (Lipinski definition) is 5. The minimum Gasteiger partial charge on any atom is -0.363 e. The third-order valence-corrected chi connectivity index (χ3v) is 4.02. The molecule has 1 fully saturated rings. The number of hydrogen-bond donors (Lipinski definition) is 2. The molecule has 0 bridgehead atoms. The average Bonchev–Trinajstić information content (AvgIpc) is 2.36. The Bertz CT molecular complexity index is 502. The van der Waals surface area contributed by atoms with Gasteiger partial charge in [-0.05, 0) is 37.8 Å². The van der Waals surface area contributed by atoms with Gasteiger partial charge in [-0.3, -0.25) is 10.1 Å². The highest BCUT2D eigenvalue weighted by Gasteiger charge is 2.32. The van der Waals surface area contributed by atoms with Crippen molar-refractivity contribution >= 4 is 11.5 Å². The Balaban J connectivity index is 2.10. The molecule has 1 aliphatic rings. The maximum absolute atomic E-state index is 11.0. The van der Waals surface area contributed by atoms with Gasteiger partial charge in [0.25, 0.3) is 0 Å². The summed E-state index contributed by atoms with van der Waals surface area (Å²) in [5.74, 6) is 0.359. The van der Waals surface area contributed by atoms with Crippen molar-refractivity contribution in [3.05, 3.63) is 27.9 Å². The third kappa shape index (κ3) is 3.25. The lowest BCUT2D eigenvalue weighted by Gasteiger charge is -2.39. The third-order valence-electron chi connectivity index (χ3n) is 4.02. The highest BCUT2D eigenvalue weighted by Crippen LogP contribution is 2.30. The molecule has 0 radical (unpaired) electrons. The van der Waals surface area contributed by atoms with Crippen LogP contribution in [0, 0.1) is 22.5 Å². The SMILES string of the molecule is Cc1ccc([N+](=O)[O-])c(NCC2NCCCC2(C)C)n1. The van der Waals surface area contributed by atoms with Gasteiger partial charge >= 0.3 is 5.69 Å². The van der Waals surface area contributed by atoms with E-state index in [1.54, 1.807) is 6.07 Å². The molecule has 1 saturated heterocycles. The smallest absolute Gasteiger partial charge is 0.311 e. The zero-order valence-electron chi connectivity index (χ0n) is 12.3. The van der Waals surface area contributed by atoms with E-state index in [0.717, 1.165) is 18.7 Å². The first-order chi connectivity index (χ1) is 9.40. The van der Waals surface area contributed by atoms with E-state index >= 15 is 0 Å². The van der Waals surface area contributed by atoms with E-state index in [0.29, 0.717) is 12.4 Å². The molecule has 1 aliphatic heterocycles. The molecule has 110 valence electrons. The minimum atomic E-state index is -0.395. The molecular weight excluding hydrogens is 256 g/mol. The zero-order valence-corrected chi connectivity index (χ0v) is 12.3. The Labute approximate surface area is 119 Å². The fourth-order valence-electron chi connectivity index (χ4n) is 2.64. The van der Waals surface area contributed by atoms with Gasteiger partial charge < -0.3 is 10.6 Å². The molecule has 0 aliphatic carbocycles. The number of rotatable bonds is 4. The topological polar surface area (TPSA) is 80.1 Å². The summed E-state index contributed by atoms with van der Waals surface area (Å²) in [4.78, 5) is 14.9. The number of pyridine rings is 1. The summed E-state index contributed by atoms with van der Waals surface area (Å²) in [7, 11) is 0. The lowest BCUT2D eigenvalue weighted by Crippen LogP contribution is -2.50. The Kier molecular flexibility index (Phi) is 4.23. The minimum absolute atomic E-state index is 0.0317. The van der Waals surface area contributed by atoms with Crippen LogP contribution >= 0.6 is 0 Å². The average molecular weight is 278 g/mol. The van der Waals surface area contributed by atoms with Crippen molar-refractivity contribution in [1.29, 1.82) is 0 Å². The molecule has 1 aromatic rings. The molecule has 0 amide bonds. The zero-order chi connectivity index (χ0) is 14.8. The first-order valence-corrected chi connectivity index (χ1v) is 6.99. The highest BCUT2D eigenvalue weighted by atomic mass is 16.6. The lowest BCUT2D eigenvalue weighted by molar-refractivity contribution is -0.384. The van der Waals surface area contributed by atoms with Crippen molar-refractivity contribution in [2.45, 2.75) is 39.7 Å². The van der Waals surface area contributed by atoms with Crippen LogP contribution in [0.5, 0.6) is 0 Å². The summed E-state index contributed by atoms with van der Waals surface area (Å²) in [6.07, 6.45) is 2.34. The van der Waals surface area contributed by atoms with E-state index in [1.807, 2.05) is 6.92 Å². The molecule has 2 heterocycles. The predicted octanol–water partition coefficient (Wildman–Crippen LogP) is 2.49. The molecule has 1 aromatic heterocycles. The number of aryl methyl sites for hydroxylation is 1. The number of nitrogens with one attached hydrogen (secondary N) is 2. The lowest BCUT2D eigenvalue weighted by atomic mass is 9.77. The fourth-order valence-corrected chi connectivity index (χ4v) is 2.64. The Morgan fingerprint density at radius 3 is 2.95 bits per heavy atom. The van der Waals surface area contributed by atoms with Crippen LogP contribution in [0.15, 0.2) is 12.1 Å². The van der Waals surface area contributed by atoms with Crippen LogP contribution in [0.3, 0.4) is 0 Å².